The molecule has 3 fully saturated rings. The fourth-order valence-electron chi connectivity index (χ4n) is 7.76. The van der Waals surface area contributed by atoms with Crippen molar-refractivity contribution in [2.75, 3.05) is 6.79 Å². The Kier molecular flexibility index (Phi) is 6.41. The predicted molar refractivity (Wildman–Crippen MR) is 150 cm³/mol. The molecule has 41 heavy (non-hydrogen) atoms. The Labute approximate surface area is 240 Å². The molecular formula is C33H36N2O6. The van der Waals surface area contributed by atoms with Gasteiger partial charge in [-0.05, 0) is 49.9 Å². The Bertz CT molecular complexity index is 1420. The molecule has 2 aromatic carbocycles. The van der Waals surface area contributed by atoms with Crippen molar-refractivity contribution in [3.63, 3.8) is 0 Å². The van der Waals surface area contributed by atoms with Crippen LogP contribution in [-0.2, 0) is 32.1 Å². The van der Waals surface area contributed by atoms with Gasteiger partial charge in [0, 0.05) is 19.0 Å². The number of fused-ring (bicyclic) bond motifs is 2. The van der Waals surface area contributed by atoms with Crippen LogP contribution in [0.2, 0.25) is 0 Å². The number of carbonyl (C=O) groups excluding carboxylic acids is 3. The standard InChI is InChI=1S/C33H36N2O6/c1-19-12-20(2)14-22(13-19)15-24(36)28-26-10-11-33(41-26)29(28)32(38)35(17-21-8-9-25-27(16-21)40-18-39-25)30(33)31(37)34-23-6-4-3-5-7-23/h8-14,16,23,26,28-30H,3-7,15,17-18H2,1-2H3,(H,34,37). The highest BCUT2D eigenvalue weighted by atomic mass is 16.7. The molecule has 1 aliphatic carbocycles. The molecule has 8 heteroatoms. The van der Waals surface area contributed by atoms with Crippen molar-refractivity contribution in [3.8, 4) is 11.5 Å². The molecule has 0 aromatic heterocycles. The van der Waals surface area contributed by atoms with Crippen LogP contribution in [0.4, 0.5) is 0 Å². The largest absolute Gasteiger partial charge is 0.454 e. The van der Waals surface area contributed by atoms with Crippen molar-refractivity contribution in [1.82, 2.24) is 10.2 Å². The zero-order valence-corrected chi connectivity index (χ0v) is 23.6. The number of aryl methyl sites for hydroxylation is 2. The van der Waals surface area contributed by atoms with Gasteiger partial charge in [-0.2, -0.15) is 0 Å². The molecule has 2 amide bonds. The van der Waals surface area contributed by atoms with Crippen molar-refractivity contribution in [1.29, 1.82) is 0 Å². The highest BCUT2D eigenvalue weighted by Gasteiger charge is 2.72. The van der Waals surface area contributed by atoms with Crippen LogP contribution in [0.3, 0.4) is 0 Å². The lowest BCUT2D eigenvalue weighted by Gasteiger charge is -2.34. The summed E-state index contributed by atoms with van der Waals surface area (Å²) in [6.07, 6.45) is 8.68. The number of amides is 2. The fourth-order valence-corrected chi connectivity index (χ4v) is 7.76. The number of nitrogens with one attached hydrogen (secondary N) is 1. The Hall–Kier alpha value is -3.65. The van der Waals surface area contributed by atoms with Gasteiger partial charge in [0.15, 0.2) is 11.5 Å². The lowest BCUT2D eigenvalue weighted by molar-refractivity contribution is -0.142. The molecule has 5 atom stereocenters. The third-order valence-electron chi connectivity index (χ3n) is 9.40. The van der Waals surface area contributed by atoms with E-state index in [2.05, 4.69) is 11.4 Å². The minimum atomic E-state index is -1.17. The summed E-state index contributed by atoms with van der Waals surface area (Å²) in [6.45, 7) is 4.40. The van der Waals surface area contributed by atoms with Crippen LogP contribution in [0.15, 0.2) is 48.6 Å². The SMILES string of the molecule is Cc1cc(C)cc(CC(=O)C2C3C=CC4(O3)C2C(=O)N(Cc2ccc3c(c2)OCO3)C4C(=O)NC2CCCCC2)c1. The second kappa shape index (κ2) is 10.0. The van der Waals surface area contributed by atoms with Gasteiger partial charge in [0.25, 0.3) is 0 Å². The van der Waals surface area contributed by atoms with Crippen LogP contribution in [0.5, 0.6) is 11.5 Å². The minimum Gasteiger partial charge on any atom is -0.454 e. The second-order valence-corrected chi connectivity index (χ2v) is 12.3. The second-order valence-electron chi connectivity index (χ2n) is 12.3. The van der Waals surface area contributed by atoms with E-state index >= 15 is 0 Å². The molecule has 214 valence electrons. The maximum atomic E-state index is 14.3. The van der Waals surface area contributed by atoms with E-state index in [0.717, 1.165) is 47.9 Å². The topological polar surface area (TPSA) is 94.2 Å². The summed E-state index contributed by atoms with van der Waals surface area (Å²) in [7, 11) is 0. The van der Waals surface area contributed by atoms with Crippen molar-refractivity contribution in [3.05, 3.63) is 70.8 Å². The highest BCUT2D eigenvalue weighted by Crippen LogP contribution is 2.56. The lowest BCUT2D eigenvalue weighted by Crippen LogP contribution is -2.56. The van der Waals surface area contributed by atoms with Gasteiger partial charge < -0.3 is 24.4 Å². The van der Waals surface area contributed by atoms with E-state index in [1.807, 2.05) is 56.3 Å². The summed E-state index contributed by atoms with van der Waals surface area (Å²) in [5.41, 5.74) is 2.78. The van der Waals surface area contributed by atoms with Crippen molar-refractivity contribution >= 4 is 17.6 Å². The first-order valence-electron chi connectivity index (χ1n) is 14.8. The Morgan fingerprint density at radius 2 is 1.73 bits per heavy atom. The van der Waals surface area contributed by atoms with E-state index in [4.69, 9.17) is 14.2 Å². The third kappa shape index (κ3) is 4.43. The fraction of sp³-hybridized carbons (Fsp3) is 0.485. The molecule has 5 aliphatic rings. The molecular weight excluding hydrogens is 520 g/mol. The number of carbonyl (C=O) groups is 3. The first-order chi connectivity index (χ1) is 19.8. The molecule has 7 rings (SSSR count). The molecule has 2 aromatic rings. The van der Waals surface area contributed by atoms with Gasteiger partial charge in [-0.3, -0.25) is 14.4 Å². The summed E-state index contributed by atoms with van der Waals surface area (Å²) in [6, 6.07) is 10.9. The summed E-state index contributed by atoms with van der Waals surface area (Å²) in [4.78, 5) is 43.9. The summed E-state index contributed by atoms with van der Waals surface area (Å²) >= 11 is 0. The van der Waals surface area contributed by atoms with Crippen LogP contribution in [0.1, 0.15) is 54.4 Å². The Balaban J connectivity index is 1.21. The number of benzene rings is 2. The van der Waals surface area contributed by atoms with Gasteiger partial charge in [0.2, 0.25) is 18.6 Å². The number of ether oxygens (including phenoxy) is 3. The molecule has 0 radical (unpaired) electrons. The summed E-state index contributed by atoms with van der Waals surface area (Å²) in [5.74, 6) is -0.550. The van der Waals surface area contributed by atoms with Crippen LogP contribution >= 0.6 is 0 Å². The maximum Gasteiger partial charge on any atom is 0.246 e. The van der Waals surface area contributed by atoms with Crippen LogP contribution in [0, 0.1) is 25.7 Å². The zero-order chi connectivity index (χ0) is 28.3. The number of Topliss-reactive ketones (excluding diaryl/α,β-unsaturated/α-hetero) is 1. The van der Waals surface area contributed by atoms with E-state index in [0.29, 0.717) is 11.5 Å². The van der Waals surface area contributed by atoms with Crippen LogP contribution in [-0.4, -0.2) is 53.1 Å². The van der Waals surface area contributed by atoms with Crippen molar-refractivity contribution in [2.24, 2.45) is 11.8 Å². The quantitative estimate of drug-likeness (QED) is 0.520. The minimum absolute atomic E-state index is 0.0269. The van der Waals surface area contributed by atoms with Crippen LogP contribution < -0.4 is 14.8 Å². The number of ketones is 1. The summed E-state index contributed by atoms with van der Waals surface area (Å²) < 4.78 is 17.6. The molecule has 1 saturated carbocycles. The Morgan fingerprint density at radius 1 is 0.976 bits per heavy atom. The van der Waals surface area contributed by atoms with Gasteiger partial charge >= 0.3 is 0 Å². The van der Waals surface area contributed by atoms with E-state index < -0.39 is 29.6 Å². The van der Waals surface area contributed by atoms with E-state index in [1.165, 1.54) is 6.42 Å². The average Bonchev–Trinajstić information content (AvgIpc) is 3.69. The van der Waals surface area contributed by atoms with Gasteiger partial charge in [0.05, 0.1) is 17.9 Å². The molecule has 2 saturated heterocycles. The monoisotopic (exact) mass is 556 g/mol. The normalized spacial score (nSPS) is 29.7. The number of hydrogen-bond acceptors (Lipinski definition) is 6. The molecule has 4 aliphatic heterocycles. The molecule has 1 N–H and O–H groups in total. The lowest BCUT2D eigenvalue weighted by atomic mass is 9.72. The molecule has 5 unspecified atom stereocenters. The zero-order valence-electron chi connectivity index (χ0n) is 23.6. The van der Waals surface area contributed by atoms with Gasteiger partial charge in [-0.25, -0.2) is 0 Å². The summed E-state index contributed by atoms with van der Waals surface area (Å²) in [5, 5.41) is 3.25. The number of rotatable bonds is 7. The van der Waals surface area contributed by atoms with Gasteiger partial charge in [0.1, 0.15) is 17.4 Å². The van der Waals surface area contributed by atoms with Crippen molar-refractivity contribution < 1.29 is 28.6 Å². The van der Waals surface area contributed by atoms with E-state index in [9.17, 15) is 14.4 Å². The van der Waals surface area contributed by atoms with E-state index in [-0.39, 0.29) is 43.4 Å². The average molecular weight is 557 g/mol. The molecule has 8 nitrogen and oxygen atoms in total. The predicted octanol–water partition coefficient (Wildman–Crippen LogP) is 3.94. The first kappa shape index (κ1) is 26.3. The van der Waals surface area contributed by atoms with Gasteiger partial charge in [-0.1, -0.05) is 66.8 Å². The van der Waals surface area contributed by atoms with Crippen molar-refractivity contribution in [2.45, 2.75) is 82.7 Å². The number of nitrogens with zero attached hydrogens (tertiary/aromatic N) is 1. The molecule has 2 bridgehead atoms. The Morgan fingerprint density at radius 3 is 2.51 bits per heavy atom. The maximum absolute atomic E-state index is 14.3. The molecule has 1 spiro atoms. The first-order valence-corrected chi connectivity index (χ1v) is 14.8. The van der Waals surface area contributed by atoms with E-state index in [1.54, 1.807) is 4.90 Å². The van der Waals surface area contributed by atoms with Gasteiger partial charge in [-0.15, -0.1) is 0 Å². The number of hydrogen-bond donors (Lipinski definition) is 1. The third-order valence-corrected chi connectivity index (χ3v) is 9.40. The molecule has 4 heterocycles. The highest BCUT2D eigenvalue weighted by molar-refractivity contribution is 6.00. The smallest absolute Gasteiger partial charge is 0.246 e. The number of likely N-dealkylation sites (tertiary alicyclic amines) is 1. The van der Waals surface area contributed by atoms with Crippen LogP contribution in [0.25, 0.3) is 0 Å².